The zero-order valence-electron chi connectivity index (χ0n) is 17.9. The standard InChI is InChI=1S/C22H23F2N7O2/c1-33-19-5-2-16(3-6-19)10-30-11-18(28-29-30)9-25-12-22(32,13-31-15-26-14-27-31)20-7-4-17(23)8-21(20)24/h2-8,11,14-15,25,32H,9-10,12-13H2,1H3. The topological polar surface area (TPSA) is 103 Å². The van der Waals surface area contributed by atoms with E-state index in [-0.39, 0.29) is 25.2 Å². The van der Waals surface area contributed by atoms with E-state index in [0.717, 1.165) is 23.4 Å². The van der Waals surface area contributed by atoms with Gasteiger partial charge >= 0.3 is 0 Å². The minimum atomic E-state index is -1.70. The Kier molecular flexibility index (Phi) is 6.71. The zero-order chi connectivity index (χ0) is 23.3. The molecular weight excluding hydrogens is 432 g/mol. The predicted octanol–water partition coefficient (Wildman–Crippen LogP) is 1.88. The van der Waals surface area contributed by atoms with Crippen LogP contribution < -0.4 is 10.1 Å². The maximum atomic E-state index is 14.5. The number of hydrogen-bond donors (Lipinski definition) is 2. The van der Waals surface area contributed by atoms with Crippen molar-refractivity contribution >= 4 is 0 Å². The van der Waals surface area contributed by atoms with Gasteiger partial charge in [0, 0.05) is 24.7 Å². The van der Waals surface area contributed by atoms with Crippen molar-refractivity contribution < 1.29 is 18.6 Å². The molecule has 0 aliphatic heterocycles. The van der Waals surface area contributed by atoms with Crippen LogP contribution in [0.25, 0.3) is 0 Å². The fourth-order valence-electron chi connectivity index (χ4n) is 3.50. The number of nitrogens with zero attached hydrogens (tertiary/aromatic N) is 6. The first-order valence-corrected chi connectivity index (χ1v) is 10.2. The number of rotatable bonds is 10. The highest BCUT2D eigenvalue weighted by atomic mass is 19.1. The lowest BCUT2D eigenvalue weighted by atomic mass is 9.92. The molecule has 2 aromatic heterocycles. The summed E-state index contributed by atoms with van der Waals surface area (Å²) >= 11 is 0. The van der Waals surface area contributed by atoms with Gasteiger partial charge in [-0.1, -0.05) is 23.4 Å². The summed E-state index contributed by atoms with van der Waals surface area (Å²) in [5.74, 6) is -0.788. The third-order valence-corrected chi connectivity index (χ3v) is 5.14. The summed E-state index contributed by atoms with van der Waals surface area (Å²) in [6.07, 6.45) is 4.51. The molecule has 4 rings (SSSR count). The Bertz CT molecular complexity index is 1180. The van der Waals surface area contributed by atoms with E-state index >= 15 is 0 Å². The molecule has 9 nitrogen and oxygen atoms in total. The van der Waals surface area contributed by atoms with E-state index in [4.69, 9.17) is 4.74 Å². The van der Waals surface area contributed by atoms with Crippen molar-refractivity contribution in [3.8, 4) is 5.75 Å². The molecular formula is C22H23F2N7O2. The van der Waals surface area contributed by atoms with Crippen LogP contribution in [-0.2, 0) is 25.2 Å². The van der Waals surface area contributed by atoms with Gasteiger partial charge in [-0.25, -0.2) is 23.1 Å². The Labute approximate surface area is 188 Å². The van der Waals surface area contributed by atoms with Gasteiger partial charge in [-0.15, -0.1) is 5.10 Å². The lowest BCUT2D eigenvalue weighted by Gasteiger charge is -2.29. The lowest BCUT2D eigenvalue weighted by Crippen LogP contribution is -2.42. The highest BCUT2D eigenvalue weighted by molar-refractivity contribution is 5.27. The zero-order valence-corrected chi connectivity index (χ0v) is 17.9. The average Bonchev–Trinajstić information content (AvgIpc) is 3.46. The van der Waals surface area contributed by atoms with Crippen molar-refractivity contribution in [3.63, 3.8) is 0 Å². The van der Waals surface area contributed by atoms with Gasteiger partial charge in [0.05, 0.1) is 32.1 Å². The van der Waals surface area contributed by atoms with E-state index < -0.39 is 17.2 Å². The molecule has 1 unspecified atom stereocenters. The van der Waals surface area contributed by atoms with E-state index in [0.29, 0.717) is 12.2 Å². The molecule has 2 aromatic carbocycles. The first kappa shape index (κ1) is 22.5. The van der Waals surface area contributed by atoms with Gasteiger partial charge in [-0.05, 0) is 23.8 Å². The molecule has 172 valence electrons. The van der Waals surface area contributed by atoms with Gasteiger partial charge in [0.15, 0.2) is 0 Å². The molecule has 1 atom stereocenters. The number of methoxy groups -OCH3 is 1. The molecule has 0 radical (unpaired) electrons. The molecule has 4 aromatic rings. The molecule has 0 spiro atoms. The third-order valence-electron chi connectivity index (χ3n) is 5.14. The molecule has 2 N–H and O–H groups in total. The number of aromatic nitrogens is 6. The van der Waals surface area contributed by atoms with Gasteiger partial charge in [-0.2, -0.15) is 5.10 Å². The maximum Gasteiger partial charge on any atom is 0.137 e. The van der Waals surface area contributed by atoms with Crippen molar-refractivity contribution in [1.82, 2.24) is 35.1 Å². The second kappa shape index (κ2) is 9.84. The molecule has 0 saturated heterocycles. The van der Waals surface area contributed by atoms with Gasteiger partial charge < -0.3 is 15.2 Å². The molecule has 0 aliphatic carbocycles. The normalized spacial score (nSPS) is 13.1. The molecule has 2 heterocycles. The Morgan fingerprint density at radius 1 is 1.12 bits per heavy atom. The van der Waals surface area contributed by atoms with E-state index in [1.165, 1.54) is 23.4 Å². The number of nitrogens with one attached hydrogen (secondary N) is 1. The monoisotopic (exact) mass is 455 g/mol. The molecule has 11 heteroatoms. The molecule has 0 saturated carbocycles. The number of halogens is 2. The Balaban J connectivity index is 1.42. The van der Waals surface area contributed by atoms with Crippen molar-refractivity contribution in [2.45, 2.75) is 25.2 Å². The second-order valence-corrected chi connectivity index (χ2v) is 7.61. The van der Waals surface area contributed by atoms with Gasteiger partial charge in [0.1, 0.15) is 35.6 Å². The van der Waals surface area contributed by atoms with Crippen molar-refractivity contribution in [3.05, 3.63) is 89.8 Å². The van der Waals surface area contributed by atoms with Crippen LogP contribution in [0.1, 0.15) is 16.8 Å². The first-order valence-electron chi connectivity index (χ1n) is 10.2. The quantitative estimate of drug-likeness (QED) is 0.376. The lowest BCUT2D eigenvalue weighted by molar-refractivity contribution is 0.0117. The van der Waals surface area contributed by atoms with Crippen LogP contribution in [0.4, 0.5) is 8.78 Å². The first-order chi connectivity index (χ1) is 15.9. The summed E-state index contributed by atoms with van der Waals surface area (Å²) < 4.78 is 36.1. The fourth-order valence-corrected chi connectivity index (χ4v) is 3.50. The SMILES string of the molecule is COc1ccc(Cn2cc(CNCC(O)(Cn3cncn3)c3ccc(F)cc3F)nn2)cc1. The minimum Gasteiger partial charge on any atom is -0.497 e. The van der Waals surface area contributed by atoms with Crippen LogP contribution >= 0.6 is 0 Å². The number of aliphatic hydroxyl groups is 1. The van der Waals surface area contributed by atoms with Crippen LogP contribution in [0.15, 0.2) is 61.3 Å². The number of ether oxygens (including phenoxy) is 1. The number of benzene rings is 2. The van der Waals surface area contributed by atoms with Crippen LogP contribution in [-0.4, -0.2) is 48.5 Å². The molecule has 33 heavy (non-hydrogen) atoms. The third kappa shape index (κ3) is 5.57. The highest BCUT2D eigenvalue weighted by Crippen LogP contribution is 2.26. The average molecular weight is 455 g/mol. The molecule has 0 aliphatic rings. The van der Waals surface area contributed by atoms with Crippen LogP contribution in [0.5, 0.6) is 5.75 Å². The highest BCUT2D eigenvalue weighted by Gasteiger charge is 2.33. The molecule has 0 fully saturated rings. The Morgan fingerprint density at radius 2 is 1.94 bits per heavy atom. The second-order valence-electron chi connectivity index (χ2n) is 7.61. The largest absolute Gasteiger partial charge is 0.497 e. The minimum absolute atomic E-state index is 0.0409. The van der Waals surface area contributed by atoms with E-state index in [2.05, 4.69) is 25.7 Å². The van der Waals surface area contributed by atoms with Crippen LogP contribution in [0, 0.1) is 11.6 Å². The Morgan fingerprint density at radius 3 is 2.64 bits per heavy atom. The molecule has 0 bridgehead atoms. The van der Waals surface area contributed by atoms with Crippen LogP contribution in [0.3, 0.4) is 0 Å². The summed E-state index contributed by atoms with van der Waals surface area (Å²) in [5.41, 5.74) is -0.0691. The van der Waals surface area contributed by atoms with Gasteiger partial charge in [-0.3, -0.25) is 0 Å². The van der Waals surface area contributed by atoms with Gasteiger partial charge in [0.2, 0.25) is 0 Å². The summed E-state index contributed by atoms with van der Waals surface area (Å²) in [4.78, 5) is 3.85. The fraction of sp³-hybridized carbons (Fsp3) is 0.273. The Hall–Kier alpha value is -3.70. The van der Waals surface area contributed by atoms with Crippen molar-refractivity contribution in [1.29, 1.82) is 0 Å². The summed E-state index contributed by atoms with van der Waals surface area (Å²) in [5, 5.41) is 26.6. The molecule has 0 amide bonds. The summed E-state index contributed by atoms with van der Waals surface area (Å²) in [6, 6.07) is 10.7. The van der Waals surface area contributed by atoms with Gasteiger partial charge in [0.25, 0.3) is 0 Å². The summed E-state index contributed by atoms with van der Waals surface area (Å²) in [6.45, 7) is 0.701. The van der Waals surface area contributed by atoms with Crippen molar-refractivity contribution in [2.24, 2.45) is 0 Å². The van der Waals surface area contributed by atoms with Crippen LogP contribution in [0.2, 0.25) is 0 Å². The number of hydrogen-bond acceptors (Lipinski definition) is 7. The smallest absolute Gasteiger partial charge is 0.137 e. The van der Waals surface area contributed by atoms with E-state index in [9.17, 15) is 13.9 Å². The van der Waals surface area contributed by atoms with E-state index in [1.807, 2.05) is 24.3 Å². The van der Waals surface area contributed by atoms with Crippen molar-refractivity contribution in [2.75, 3.05) is 13.7 Å². The maximum absolute atomic E-state index is 14.5. The van der Waals surface area contributed by atoms with E-state index in [1.54, 1.807) is 18.0 Å². The predicted molar refractivity (Wildman–Crippen MR) is 114 cm³/mol. The summed E-state index contributed by atoms with van der Waals surface area (Å²) in [7, 11) is 1.61.